The molecule has 0 fully saturated rings. The Hall–Kier alpha value is -1.94. The zero-order valence-electron chi connectivity index (χ0n) is 64.3. The lowest BCUT2D eigenvalue weighted by Crippen LogP contribution is -2.30. The van der Waals surface area contributed by atoms with Crippen LogP contribution in [0.4, 0.5) is 0 Å². The minimum Gasteiger partial charge on any atom is -0.462 e. The van der Waals surface area contributed by atoms with E-state index in [1.54, 1.807) is 0 Å². The van der Waals surface area contributed by atoms with Gasteiger partial charge in [-0.2, -0.15) is 0 Å². The van der Waals surface area contributed by atoms with Crippen molar-refractivity contribution in [2.24, 2.45) is 17.8 Å². The molecule has 0 amide bonds. The summed E-state index contributed by atoms with van der Waals surface area (Å²) in [5, 5.41) is 10.6. The normalized spacial score (nSPS) is 14.0. The van der Waals surface area contributed by atoms with Gasteiger partial charge in [-0.25, -0.2) is 9.13 Å². The molecule has 98 heavy (non-hydrogen) atoms. The van der Waals surface area contributed by atoms with Crippen LogP contribution >= 0.6 is 15.6 Å². The van der Waals surface area contributed by atoms with Crippen molar-refractivity contribution in [3.63, 3.8) is 0 Å². The van der Waals surface area contributed by atoms with E-state index in [-0.39, 0.29) is 25.7 Å². The number of carbonyl (C=O) groups excluding carboxylic acids is 4. The van der Waals surface area contributed by atoms with Gasteiger partial charge < -0.3 is 33.8 Å². The number of unbranched alkanes of at least 4 members (excludes halogenated alkanes) is 45. The Bertz CT molecular complexity index is 1900. The molecule has 0 radical (unpaired) electrons. The van der Waals surface area contributed by atoms with Gasteiger partial charge >= 0.3 is 39.5 Å². The SMILES string of the molecule is CCCCCCCCCCCC(=O)OC[C@H](COP(=O)(O)OC[C@H](O)COP(=O)(O)OC[C@@H](COC(=O)CCCCCCCCCCCCCCCCCCC(C)C)OC(=O)CCCCCCCCCCCCCCCCCCCCC(C)C)OC(=O)CCCCCCCCC(C)C. The van der Waals surface area contributed by atoms with Crippen LogP contribution in [0.3, 0.4) is 0 Å². The minimum atomic E-state index is -4.96. The molecule has 0 aliphatic carbocycles. The molecular formula is C79H154O17P2. The molecule has 0 saturated heterocycles. The average Bonchev–Trinajstić information content (AvgIpc) is 3.74. The number of esters is 4. The Balaban J connectivity index is 5.16. The van der Waals surface area contributed by atoms with E-state index >= 15 is 0 Å². The standard InChI is InChI=1S/C79H154O17P2/c1-8-9-10-11-12-31-38-46-53-60-76(81)89-67-75(96-79(84)63-56-49-42-41-45-52-59-72(6)7)69-94-98(87,88)92-65-73(80)64-91-97(85,86)93-68-74(66-90-77(82)61-54-47-39-34-29-25-21-18-17-20-24-28-33-37-44-51-58-71(4)5)95-78(83)62-55-48-40-35-30-26-22-16-14-13-15-19-23-27-32-36-43-50-57-70(2)3/h70-75,80H,8-69H2,1-7H3,(H,85,86)(H,87,88)/t73-,74-,75-/m1/s1. The van der Waals surface area contributed by atoms with Crippen LogP contribution < -0.4 is 0 Å². The van der Waals surface area contributed by atoms with E-state index in [2.05, 4.69) is 48.5 Å². The maximum atomic E-state index is 13.1. The van der Waals surface area contributed by atoms with Crippen molar-refractivity contribution in [2.75, 3.05) is 39.6 Å². The third-order valence-corrected chi connectivity index (χ3v) is 20.3. The number of aliphatic hydroxyl groups is 1. The van der Waals surface area contributed by atoms with Crippen molar-refractivity contribution in [3.05, 3.63) is 0 Å². The third-order valence-electron chi connectivity index (χ3n) is 18.4. The Kier molecular flexibility index (Phi) is 68.1. The van der Waals surface area contributed by atoms with E-state index in [1.165, 1.54) is 218 Å². The summed E-state index contributed by atoms with van der Waals surface area (Å²) < 4.78 is 68.5. The Morgan fingerprint density at radius 3 is 0.694 bits per heavy atom. The molecule has 582 valence electrons. The number of phosphoric ester groups is 2. The molecule has 0 aromatic heterocycles. The van der Waals surface area contributed by atoms with Crippen LogP contribution in [0.25, 0.3) is 0 Å². The van der Waals surface area contributed by atoms with Crippen molar-refractivity contribution < 1.29 is 80.2 Å². The first-order valence-corrected chi connectivity index (χ1v) is 43.8. The van der Waals surface area contributed by atoms with Crippen LogP contribution in [-0.4, -0.2) is 96.7 Å². The Labute approximate surface area is 600 Å². The van der Waals surface area contributed by atoms with Gasteiger partial charge in [0.25, 0.3) is 0 Å². The number of hydrogen-bond acceptors (Lipinski definition) is 15. The lowest BCUT2D eigenvalue weighted by atomic mass is 10.0. The van der Waals surface area contributed by atoms with E-state index in [0.29, 0.717) is 31.6 Å². The average molecular weight is 1440 g/mol. The molecular weight excluding hydrogens is 1280 g/mol. The van der Waals surface area contributed by atoms with Crippen LogP contribution in [0.5, 0.6) is 0 Å². The quantitative estimate of drug-likeness (QED) is 0.0222. The van der Waals surface area contributed by atoms with Gasteiger partial charge in [0.2, 0.25) is 0 Å². The van der Waals surface area contributed by atoms with Gasteiger partial charge in [-0.1, -0.05) is 357 Å². The molecule has 0 bridgehead atoms. The highest BCUT2D eigenvalue weighted by atomic mass is 31.2. The fourth-order valence-electron chi connectivity index (χ4n) is 12.1. The molecule has 19 heteroatoms. The summed E-state index contributed by atoms with van der Waals surface area (Å²) in [4.78, 5) is 72.8. The number of ether oxygens (including phenoxy) is 4. The predicted molar refractivity (Wildman–Crippen MR) is 400 cm³/mol. The molecule has 0 aliphatic heterocycles. The number of aliphatic hydroxyl groups excluding tert-OH is 1. The predicted octanol–water partition coefficient (Wildman–Crippen LogP) is 23.4. The molecule has 0 saturated carbocycles. The second kappa shape index (κ2) is 69.4. The van der Waals surface area contributed by atoms with E-state index in [1.807, 2.05) is 0 Å². The van der Waals surface area contributed by atoms with Crippen molar-refractivity contribution in [2.45, 2.75) is 426 Å². The van der Waals surface area contributed by atoms with Crippen molar-refractivity contribution in [1.29, 1.82) is 0 Å². The highest BCUT2D eigenvalue weighted by molar-refractivity contribution is 7.47. The summed E-state index contributed by atoms with van der Waals surface area (Å²) in [6, 6.07) is 0. The van der Waals surface area contributed by atoms with E-state index < -0.39 is 97.5 Å². The number of rotatable bonds is 77. The molecule has 0 aromatic rings. The highest BCUT2D eigenvalue weighted by Crippen LogP contribution is 2.45. The molecule has 0 heterocycles. The maximum Gasteiger partial charge on any atom is 0.472 e. The van der Waals surface area contributed by atoms with Gasteiger partial charge in [0, 0.05) is 25.7 Å². The highest BCUT2D eigenvalue weighted by Gasteiger charge is 2.30. The molecule has 0 rings (SSSR count). The fraction of sp³-hybridized carbons (Fsp3) is 0.949. The molecule has 3 N–H and O–H groups in total. The minimum absolute atomic E-state index is 0.102. The van der Waals surface area contributed by atoms with Gasteiger partial charge in [-0.3, -0.25) is 37.3 Å². The smallest absolute Gasteiger partial charge is 0.462 e. The van der Waals surface area contributed by atoms with Crippen LogP contribution in [0.2, 0.25) is 0 Å². The first-order valence-electron chi connectivity index (χ1n) is 40.8. The van der Waals surface area contributed by atoms with Gasteiger partial charge in [0.15, 0.2) is 12.2 Å². The summed E-state index contributed by atoms with van der Waals surface area (Å²) in [5.74, 6) is 0.182. The van der Waals surface area contributed by atoms with Crippen LogP contribution in [0, 0.1) is 17.8 Å². The molecule has 2 unspecified atom stereocenters. The molecule has 0 aliphatic rings. The fourth-order valence-corrected chi connectivity index (χ4v) is 13.7. The van der Waals surface area contributed by atoms with Crippen molar-refractivity contribution in [3.8, 4) is 0 Å². The third kappa shape index (κ3) is 72.4. The van der Waals surface area contributed by atoms with Crippen LogP contribution in [-0.2, 0) is 65.4 Å². The molecule has 5 atom stereocenters. The van der Waals surface area contributed by atoms with Gasteiger partial charge in [-0.15, -0.1) is 0 Å². The summed E-state index contributed by atoms with van der Waals surface area (Å²) in [5.41, 5.74) is 0. The molecule has 17 nitrogen and oxygen atoms in total. The Morgan fingerprint density at radius 1 is 0.276 bits per heavy atom. The summed E-state index contributed by atoms with van der Waals surface area (Å²) in [6.45, 7) is 11.9. The summed E-state index contributed by atoms with van der Waals surface area (Å²) >= 11 is 0. The second-order valence-electron chi connectivity index (χ2n) is 29.9. The molecule has 0 aromatic carbocycles. The van der Waals surface area contributed by atoms with Crippen LogP contribution in [0.1, 0.15) is 408 Å². The lowest BCUT2D eigenvalue weighted by Gasteiger charge is -2.21. The number of hydrogen-bond donors (Lipinski definition) is 3. The van der Waals surface area contributed by atoms with Crippen LogP contribution in [0.15, 0.2) is 0 Å². The topological polar surface area (TPSA) is 237 Å². The zero-order valence-corrected chi connectivity index (χ0v) is 66.0. The second-order valence-corrected chi connectivity index (χ2v) is 32.8. The van der Waals surface area contributed by atoms with Gasteiger partial charge in [0.05, 0.1) is 26.4 Å². The monoisotopic (exact) mass is 1440 g/mol. The number of phosphoric acid groups is 2. The Morgan fingerprint density at radius 2 is 0.469 bits per heavy atom. The number of carbonyl (C=O) groups is 4. The van der Waals surface area contributed by atoms with Gasteiger partial charge in [0.1, 0.15) is 19.3 Å². The first kappa shape index (κ1) is 96.1. The first-order chi connectivity index (χ1) is 47.2. The van der Waals surface area contributed by atoms with Crippen molar-refractivity contribution in [1.82, 2.24) is 0 Å². The van der Waals surface area contributed by atoms with Gasteiger partial charge in [-0.05, 0) is 43.4 Å². The van der Waals surface area contributed by atoms with E-state index in [4.69, 9.17) is 37.0 Å². The summed E-state index contributed by atoms with van der Waals surface area (Å²) in [6.07, 6.45) is 57.3. The van der Waals surface area contributed by atoms with E-state index in [9.17, 15) is 43.2 Å². The zero-order chi connectivity index (χ0) is 72.3. The summed E-state index contributed by atoms with van der Waals surface area (Å²) in [7, 11) is -9.91. The lowest BCUT2D eigenvalue weighted by molar-refractivity contribution is -0.161. The van der Waals surface area contributed by atoms with E-state index in [0.717, 1.165) is 102 Å². The molecule has 0 spiro atoms. The maximum absolute atomic E-state index is 13.1. The van der Waals surface area contributed by atoms with Crippen molar-refractivity contribution >= 4 is 39.5 Å². The largest absolute Gasteiger partial charge is 0.472 e.